The minimum Gasteiger partial charge on any atom is -0.326 e. The molecule has 2 rings (SSSR count). The Labute approximate surface area is 126 Å². The fourth-order valence-corrected chi connectivity index (χ4v) is 2.47. The molecule has 2 aromatic carbocycles. The zero-order valence-corrected chi connectivity index (χ0v) is 11.8. The van der Waals surface area contributed by atoms with E-state index in [2.05, 4.69) is 5.32 Å². The van der Waals surface area contributed by atoms with Crippen LogP contribution in [0, 0.1) is 29.1 Å². The van der Waals surface area contributed by atoms with Gasteiger partial charge in [0.25, 0.3) is 0 Å². The molecule has 0 aromatic heterocycles. The summed E-state index contributed by atoms with van der Waals surface area (Å²) in [5, 5.41) is 2.48. The van der Waals surface area contributed by atoms with Crippen LogP contribution in [0.3, 0.4) is 0 Å². The van der Waals surface area contributed by atoms with Crippen LogP contribution < -0.4 is 5.32 Å². The van der Waals surface area contributed by atoms with Crippen molar-refractivity contribution in [3.8, 4) is 0 Å². The molecule has 1 amide bonds. The molecular weight excluding hydrogens is 325 g/mol. The fraction of sp³-hybridized carbons (Fsp3) is 0.0714. The first kappa shape index (κ1) is 16.3. The van der Waals surface area contributed by atoms with E-state index < -0.39 is 34.0 Å². The summed E-state index contributed by atoms with van der Waals surface area (Å²) in [6.45, 7) is 1.30. The Morgan fingerprint density at radius 2 is 1.32 bits per heavy atom. The largest absolute Gasteiger partial charge is 0.326 e. The van der Waals surface area contributed by atoms with Gasteiger partial charge in [-0.15, -0.1) is 0 Å². The number of halogens is 5. The van der Waals surface area contributed by atoms with Crippen molar-refractivity contribution in [3.63, 3.8) is 0 Å². The lowest BCUT2D eigenvalue weighted by molar-refractivity contribution is -0.114. The number of anilines is 1. The Hall–Kier alpha value is -2.09. The molecule has 0 saturated carbocycles. The molecule has 0 aliphatic heterocycles. The van der Waals surface area contributed by atoms with Crippen molar-refractivity contribution >= 4 is 23.4 Å². The first-order chi connectivity index (χ1) is 10.3. The second kappa shape index (κ2) is 6.35. The molecule has 2 aromatic rings. The number of hydrogen-bond donors (Lipinski definition) is 1. The summed E-state index contributed by atoms with van der Waals surface area (Å²) in [6.07, 6.45) is 0. The summed E-state index contributed by atoms with van der Waals surface area (Å²) in [4.78, 5) is 10.1. The number of hydrogen-bond acceptors (Lipinski definition) is 2. The van der Waals surface area contributed by atoms with E-state index in [9.17, 15) is 26.7 Å². The average molecular weight is 333 g/mol. The van der Waals surface area contributed by atoms with Crippen LogP contribution in [0.4, 0.5) is 27.6 Å². The third-order valence-corrected chi connectivity index (χ3v) is 3.63. The van der Waals surface area contributed by atoms with Gasteiger partial charge in [0.1, 0.15) is 0 Å². The van der Waals surface area contributed by atoms with Crippen molar-refractivity contribution in [2.45, 2.75) is 16.7 Å². The fourth-order valence-electron chi connectivity index (χ4n) is 1.60. The first-order valence-corrected chi connectivity index (χ1v) is 6.70. The highest BCUT2D eigenvalue weighted by Crippen LogP contribution is 2.35. The monoisotopic (exact) mass is 333 g/mol. The van der Waals surface area contributed by atoms with E-state index >= 15 is 0 Å². The standard InChI is InChI=1S/C14H8F5NOS/c1-6(21)20-7-2-4-8(5-3-7)22-14-12(18)10(16)9(15)11(17)13(14)19/h2-5H,1H3,(H,20,21). The highest BCUT2D eigenvalue weighted by molar-refractivity contribution is 7.99. The van der Waals surface area contributed by atoms with Crippen molar-refractivity contribution in [2.75, 3.05) is 5.32 Å². The lowest BCUT2D eigenvalue weighted by Crippen LogP contribution is -2.05. The number of benzene rings is 2. The molecule has 0 bridgehead atoms. The summed E-state index contributed by atoms with van der Waals surface area (Å²) < 4.78 is 66.2. The molecule has 8 heteroatoms. The highest BCUT2D eigenvalue weighted by atomic mass is 32.2. The third kappa shape index (κ3) is 3.22. The topological polar surface area (TPSA) is 29.1 Å². The first-order valence-electron chi connectivity index (χ1n) is 5.88. The minimum atomic E-state index is -2.19. The summed E-state index contributed by atoms with van der Waals surface area (Å²) in [5.74, 6) is -10.2. The van der Waals surface area contributed by atoms with Gasteiger partial charge in [-0.05, 0) is 24.3 Å². The van der Waals surface area contributed by atoms with Crippen LogP contribution in [-0.4, -0.2) is 5.91 Å². The molecule has 0 unspecified atom stereocenters. The quantitative estimate of drug-likeness (QED) is 0.509. The van der Waals surface area contributed by atoms with Crippen molar-refractivity contribution in [2.24, 2.45) is 0 Å². The van der Waals surface area contributed by atoms with Gasteiger partial charge in [-0.25, -0.2) is 22.0 Å². The van der Waals surface area contributed by atoms with Gasteiger partial charge < -0.3 is 5.32 Å². The second-order valence-corrected chi connectivity index (χ2v) is 5.29. The van der Waals surface area contributed by atoms with E-state index in [4.69, 9.17) is 0 Å². The molecule has 0 aliphatic rings. The summed E-state index contributed by atoms with van der Waals surface area (Å²) in [5.41, 5.74) is 0.439. The molecule has 0 radical (unpaired) electrons. The van der Waals surface area contributed by atoms with E-state index in [1.807, 2.05) is 0 Å². The number of amides is 1. The molecule has 0 fully saturated rings. The SMILES string of the molecule is CC(=O)Nc1ccc(Sc2c(F)c(F)c(F)c(F)c2F)cc1. The van der Waals surface area contributed by atoms with Gasteiger partial charge in [0.05, 0.1) is 4.90 Å². The van der Waals surface area contributed by atoms with Crippen LogP contribution >= 0.6 is 11.8 Å². The van der Waals surface area contributed by atoms with E-state index in [1.54, 1.807) is 0 Å². The molecule has 2 nitrogen and oxygen atoms in total. The maximum Gasteiger partial charge on any atom is 0.221 e. The maximum atomic E-state index is 13.5. The molecule has 1 N–H and O–H groups in total. The molecule has 0 aliphatic carbocycles. The van der Waals surface area contributed by atoms with Crippen molar-refractivity contribution in [3.05, 3.63) is 53.4 Å². The van der Waals surface area contributed by atoms with E-state index in [-0.39, 0.29) is 10.8 Å². The lowest BCUT2D eigenvalue weighted by atomic mass is 10.3. The van der Waals surface area contributed by atoms with Gasteiger partial charge in [0.2, 0.25) is 11.7 Å². The van der Waals surface area contributed by atoms with Gasteiger partial charge in [0.15, 0.2) is 23.3 Å². The average Bonchev–Trinajstić information content (AvgIpc) is 2.49. The van der Waals surface area contributed by atoms with Crippen molar-refractivity contribution in [1.82, 2.24) is 0 Å². The Bertz CT molecular complexity index is 704. The predicted molar refractivity (Wildman–Crippen MR) is 71.1 cm³/mol. The number of carbonyl (C=O) groups excluding carboxylic acids is 1. The van der Waals surface area contributed by atoms with Crippen LogP contribution in [0.2, 0.25) is 0 Å². The number of rotatable bonds is 3. The normalized spacial score (nSPS) is 10.6. The zero-order valence-electron chi connectivity index (χ0n) is 11.0. The van der Waals surface area contributed by atoms with Gasteiger partial charge in [0, 0.05) is 17.5 Å². The van der Waals surface area contributed by atoms with E-state index in [1.165, 1.54) is 31.2 Å². The second-order valence-electron chi connectivity index (χ2n) is 4.21. The van der Waals surface area contributed by atoms with E-state index in [0.29, 0.717) is 17.4 Å². The Morgan fingerprint density at radius 1 is 0.864 bits per heavy atom. The van der Waals surface area contributed by atoms with Gasteiger partial charge >= 0.3 is 0 Å². The minimum absolute atomic E-state index is 0.248. The zero-order chi connectivity index (χ0) is 16.4. The van der Waals surface area contributed by atoms with Crippen molar-refractivity contribution in [1.29, 1.82) is 0 Å². The lowest BCUT2D eigenvalue weighted by Gasteiger charge is -2.08. The van der Waals surface area contributed by atoms with Gasteiger partial charge in [-0.2, -0.15) is 0 Å². The third-order valence-electron chi connectivity index (χ3n) is 2.56. The molecule has 116 valence electrons. The molecule has 22 heavy (non-hydrogen) atoms. The number of nitrogens with one attached hydrogen (secondary N) is 1. The molecule has 0 atom stereocenters. The van der Waals surface area contributed by atoms with Crippen LogP contribution in [0.15, 0.2) is 34.1 Å². The summed E-state index contributed by atoms with van der Waals surface area (Å²) >= 11 is 0.396. The van der Waals surface area contributed by atoms with Crippen LogP contribution in [0.1, 0.15) is 6.92 Å². The smallest absolute Gasteiger partial charge is 0.221 e. The maximum absolute atomic E-state index is 13.5. The van der Waals surface area contributed by atoms with Crippen LogP contribution in [0.5, 0.6) is 0 Å². The number of carbonyl (C=O) groups is 1. The van der Waals surface area contributed by atoms with Crippen LogP contribution in [-0.2, 0) is 4.79 Å². The predicted octanol–water partition coefficient (Wildman–Crippen LogP) is 4.49. The van der Waals surface area contributed by atoms with Crippen molar-refractivity contribution < 1.29 is 26.7 Å². The molecular formula is C14H8F5NOS. The molecule has 0 saturated heterocycles. The Balaban J connectivity index is 2.33. The van der Waals surface area contributed by atoms with Gasteiger partial charge in [-0.1, -0.05) is 11.8 Å². The molecule has 0 heterocycles. The molecule has 0 spiro atoms. The summed E-state index contributed by atoms with van der Waals surface area (Å²) in [7, 11) is 0. The Morgan fingerprint density at radius 3 is 1.77 bits per heavy atom. The summed E-state index contributed by atoms with van der Waals surface area (Å²) in [6, 6.07) is 5.65. The van der Waals surface area contributed by atoms with Crippen LogP contribution in [0.25, 0.3) is 0 Å². The van der Waals surface area contributed by atoms with E-state index in [0.717, 1.165) is 0 Å². The van der Waals surface area contributed by atoms with Gasteiger partial charge in [-0.3, -0.25) is 4.79 Å². The Kier molecular flexibility index (Phi) is 4.70. The highest BCUT2D eigenvalue weighted by Gasteiger charge is 2.26.